The van der Waals surface area contributed by atoms with Gasteiger partial charge in [0.05, 0.1) is 36.9 Å². The fourth-order valence-electron chi connectivity index (χ4n) is 4.05. The molecule has 178 valence electrons. The second-order valence-corrected chi connectivity index (χ2v) is 9.79. The minimum absolute atomic E-state index is 0.0217. The standard InChI is InChI=1S/C21H21FN6O5S/c1-4-33-19-5-6-20(25-24-19)34(31,32)27-10-12(2)18(11-27)28-17-8-14(22)16(23-3)7-13(17)15(26-28)9-21(29)30/h5-8,12,18H,4,9-11H2,1-2H3,(H,29,30)/t12-,18+/m1/s1. The first-order chi connectivity index (χ1) is 16.1. The van der Waals surface area contributed by atoms with E-state index in [4.69, 9.17) is 11.3 Å². The summed E-state index contributed by atoms with van der Waals surface area (Å²) in [6.45, 7) is 11.3. The summed E-state index contributed by atoms with van der Waals surface area (Å²) in [6, 6.07) is 4.68. The first kappa shape index (κ1) is 23.5. The van der Waals surface area contributed by atoms with Gasteiger partial charge >= 0.3 is 5.97 Å². The maximum atomic E-state index is 14.4. The minimum atomic E-state index is -3.97. The molecule has 1 saturated heterocycles. The minimum Gasteiger partial charge on any atom is -0.481 e. The molecule has 13 heteroatoms. The number of benzene rings is 1. The van der Waals surface area contributed by atoms with Crippen LogP contribution in [0, 0.1) is 18.3 Å². The van der Waals surface area contributed by atoms with Gasteiger partial charge in [0.25, 0.3) is 10.0 Å². The van der Waals surface area contributed by atoms with E-state index in [0.29, 0.717) is 17.5 Å². The lowest BCUT2D eigenvalue weighted by molar-refractivity contribution is -0.136. The van der Waals surface area contributed by atoms with Gasteiger partial charge in [-0.15, -0.1) is 10.2 Å². The molecule has 0 unspecified atom stereocenters. The highest BCUT2D eigenvalue weighted by molar-refractivity contribution is 7.89. The molecule has 34 heavy (non-hydrogen) atoms. The van der Waals surface area contributed by atoms with Crippen molar-refractivity contribution in [1.82, 2.24) is 24.3 Å². The van der Waals surface area contributed by atoms with Crippen molar-refractivity contribution >= 4 is 32.6 Å². The highest BCUT2D eigenvalue weighted by atomic mass is 32.2. The molecule has 4 rings (SSSR count). The summed E-state index contributed by atoms with van der Waals surface area (Å²) >= 11 is 0. The van der Waals surface area contributed by atoms with Crippen LogP contribution in [0.5, 0.6) is 5.88 Å². The Kier molecular flexibility index (Phi) is 6.20. The van der Waals surface area contributed by atoms with Gasteiger partial charge < -0.3 is 9.84 Å². The third-order valence-electron chi connectivity index (χ3n) is 5.66. The van der Waals surface area contributed by atoms with Crippen molar-refractivity contribution in [3.63, 3.8) is 0 Å². The van der Waals surface area contributed by atoms with Crippen LogP contribution >= 0.6 is 0 Å². The molecular weight excluding hydrogens is 467 g/mol. The normalized spacial score (nSPS) is 18.8. The lowest BCUT2D eigenvalue weighted by Crippen LogP contribution is -2.30. The van der Waals surface area contributed by atoms with Crippen LogP contribution in [0.15, 0.2) is 29.3 Å². The molecule has 0 radical (unpaired) electrons. The lowest BCUT2D eigenvalue weighted by Gasteiger charge is -2.17. The van der Waals surface area contributed by atoms with Crippen molar-refractivity contribution in [2.24, 2.45) is 5.92 Å². The maximum absolute atomic E-state index is 14.4. The van der Waals surface area contributed by atoms with Crippen LogP contribution in [0.2, 0.25) is 0 Å². The van der Waals surface area contributed by atoms with Crippen LogP contribution in [0.1, 0.15) is 25.6 Å². The van der Waals surface area contributed by atoms with E-state index >= 15 is 0 Å². The lowest BCUT2D eigenvalue weighted by atomic mass is 10.1. The van der Waals surface area contributed by atoms with Crippen molar-refractivity contribution in [3.8, 4) is 5.88 Å². The van der Waals surface area contributed by atoms with Crippen LogP contribution in [-0.4, -0.2) is 63.5 Å². The summed E-state index contributed by atoms with van der Waals surface area (Å²) < 4.78 is 48.7. The fourth-order valence-corrected chi connectivity index (χ4v) is 5.47. The van der Waals surface area contributed by atoms with Crippen molar-refractivity contribution in [1.29, 1.82) is 0 Å². The number of hydrogen-bond donors (Lipinski definition) is 1. The molecule has 1 aliphatic heterocycles. The van der Waals surface area contributed by atoms with Crippen molar-refractivity contribution < 1.29 is 27.4 Å². The molecule has 3 heterocycles. The molecule has 1 N–H and O–H groups in total. The molecule has 2 atom stereocenters. The van der Waals surface area contributed by atoms with Gasteiger partial charge in [0.2, 0.25) is 11.6 Å². The van der Waals surface area contributed by atoms with Crippen LogP contribution in [0.4, 0.5) is 10.1 Å². The Morgan fingerprint density at radius 3 is 2.71 bits per heavy atom. The number of sulfonamides is 1. The van der Waals surface area contributed by atoms with Gasteiger partial charge in [-0.25, -0.2) is 17.7 Å². The van der Waals surface area contributed by atoms with E-state index < -0.39 is 34.3 Å². The van der Waals surface area contributed by atoms with Crippen molar-refractivity contribution in [3.05, 3.63) is 47.2 Å². The summed E-state index contributed by atoms with van der Waals surface area (Å²) in [4.78, 5) is 14.5. The van der Waals surface area contributed by atoms with E-state index in [9.17, 15) is 22.7 Å². The molecule has 1 aliphatic rings. The Balaban J connectivity index is 1.70. The van der Waals surface area contributed by atoms with Crippen LogP contribution in [0.3, 0.4) is 0 Å². The van der Waals surface area contributed by atoms with Crippen molar-refractivity contribution in [2.45, 2.75) is 31.3 Å². The number of carboxylic acid groups (broad SMARTS) is 1. The molecule has 0 amide bonds. The summed E-state index contributed by atoms with van der Waals surface area (Å²) in [5.74, 6) is -1.90. The number of halogens is 1. The van der Waals surface area contributed by atoms with Crippen LogP contribution in [0.25, 0.3) is 15.7 Å². The van der Waals surface area contributed by atoms with E-state index in [1.54, 1.807) is 6.92 Å². The fraction of sp³-hybridized carbons (Fsp3) is 0.381. The van der Waals surface area contributed by atoms with Gasteiger partial charge in [0, 0.05) is 24.5 Å². The van der Waals surface area contributed by atoms with Gasteiger partial charge in [0.15, 0.2) is 5.03 Å². The Morgan fingerprint density at radius 1 is 1.32 bits per heavy atom. The molecule has 1 fully saturated rings. The number of aliphatic carboxylic acids is 1. The molecule has 1 aromatic carbocycles. The average molecular weight is 489 g/mol. The van der Waals surface area contributed by atoms with Crippen LogP contribution in [-0.2, 0) is 21.2 Å². The smallest absolute Gasteiger partial charge is 0.309 e. The summed E-state index contributed by atoms with van der Waals surface area (Å²) in [7, 11) is -3.97. The van der Waals surface area contributed by atoms with Gasteiger partial charge in [-0.3, -0.25) is 9.48 Å². The summed E-state index contributed by atoms with van der Waals surface area (Å²) in [5, 5.41) is 21.4. The quantitative estimate of drug-likeness (QED) is 0.502. The number of rotatable bonds is 7. The number of carbonyl (C=O) groups is 1. The third-order valence-corrected chi connectivity index (χ3v) is 7.38. The number of fused-ring (bicyclic) bond motifs is 1. The zero-order chi connectivity index (χ0) is 24.6. The molecule has 11 nitrogen and oxygen atoms in total. The monoisotopic (exact) mass is 488 g/mol. The summed E-state index contributed by atoms with van der Waals surface area (Å²) in [6.07, 6.45) is -0.419. The highest BCUT2D eigenvalue weighted by Gasteiger charge is 2.40. The van der Waals surface area contributed by atoms with E-state index in [1.165, 1.54) is 27.2 Å². The second-order valence-electron chi connectivity index (χ2n) is 7.90. The topological polar surface area (TPSA) is 132 Å². The van der Waals surface area contributed by atoms with Gasteiger partial charge in [0.1, 0.15) is 5.82 Å². The number of hydrogen-bond acceptors (Lipinski definition) is 7. The highest BCUT2D eigenvalue weighted by Crippen LogP contribution is 2.36. The SMILES string of the molecule is [C-]#[N+]c1cc2c(CC(=O)O)nn([C@H]3CN(S(=O)(=O)c4ccc(OCC)nn4)C[C@H]3C)c2cc1F. The predicted octanol–water partition coefficient (Wildman–Crippen LogP) is 2.42. The Hall–Kier alpha value is -3.63. The molecule has 3 aromatic rings. The molecule has 0 saturated carbocycles. The van der Waals surface area contributed by atoms with E-state index in [1.807, 2.05) is 6.92 Å². The Morgan fingerprint density at radius 2 is 2.09 bits per heavy atom. The third kappa shape index (κ3) is 4.17. The van der Waals surface area contributed by atoms with Crippen LogP contribution < -0.4 is 4.74 Å². The Labute approximate surface area is 194 Å². The van der Waals surface area contributed by atoms with E-state index in [0.717, 1.165) is 6.07 Å². The number of nitrogens with zero attached hydrogens (tertiary/aromatic N) is 6. The van der Waals surface area contributed by atoms with Gasteiger partial charge in [-0.05, 0) is 31.0 Å². The van der Waals surface area contributed by atoms with E-state index in [-0.39, 0.29) is 41.3 Å². The largest absolute Gasteiger partial charge is 0.481 e. The zero-order valence-electron chi connectivity index (χ0n) is 18.3. The second kappa shape index (κ2) is 8.96. The maximum Gasteiger partial charge on any atom is 0.309 e. The number of carboxylic acids is 1. The molecule has 0 aliphatic carbocycles. The average Bonchev–Trinajstić information content (AvgIpc) is 3.34. The summed E-state index contributed by atoms with van der Waals surface area (Å²) in [5.41, 5.74) is 0.243. The van der Waals surface area contributed by atoms with Crippen molar-refractivity contribution in [2.75, 3.05) is 19.7 Å². The predicted molar refractivity (Wildman–Crippen MR) is 117 cm³/mol. The first-order valence-corrected chi connectivity index (χ1v) is 11.9. The Bertz CT molecular complexity index is 1400. The molecular formula is C21H21FN6O5S. The van der Waals surface area contributed by atoms with E-state index in [2.05, 4.69) is 20.1 Å². The van der Waals surface area contributed by atoms with Gasteiger partial charge in [-0.1, -0.05) is 6.92 Å². The van der Waals surface area contributed by atoms with Gasteiger partial charge in [-0.2, -0.15) is 9.40 Å². The zero-order valence-corrected chi connectivity index (χ0v) is 19.2. The number of ether oxygens (including phenoxy) is 1. The first-order valence-electron chi connectivity index (χ1n) is 10.4. The molecule has 2 aromatic heterocycles. The molecule has 0 spiro atoms. The number of aromatic nitrogens is 4. The molecule has 0 bridgehead atoms.